The number of methoxy groups -OCH3 is 1. The third-order valence-corrected chi connectivity index (χ3v) is 6.23. The fourth-order valence-corrected chi connectivity index (χ4v) is 5.38. The van der Waals surface area contributed by atoms with E-state index in [1.165, 1.54) is 16.9 Å². The summed E-state index contributed by atoms with van der Waals surface area (Å²) in [5.41, 5.74) is 3.73. The van der Waals surface area contributed by atoms with Crippen LogP contribution in [-0.4, -0.2) is 24.2 Å². The van der Waals surface area contributed by atoms with Crippen molar-refractivity contribution >= 4 is 62.0 Å². The van der Waals surface area contributed by atoms with Crippen LogP contribution < -0.4 is 4.80 Å². The van der Waals surface area contributed by atoms with E-state index >= 15 is 0 Å². The topological polar surface area (TPSA) is 43.6 Å². The predicted octanol–water partition coefficient (Wildman–Crippen LogP) is 5.08. The number of fused-ring (bicyclic) bond motifs is 1. The number of hydrogen-bond donors (Lipinski definition) is 0. The number of ether oxygens (including phenoxy) is 1. The third-order valence-electron chi connectivity index (χ3n) is 3.72. The van der Waals surface area contributed by atoms with E-state index in [9.17, 15) is 4.79 Å². The molecule has 0 radical (unpaired) electrons. The van der Waals surface area contributed by atoms with E-state index < -0.39 is 0 Å². The number of carbonyl (C=O) groups is 1. The number of thiophene rings is 1. The summed E-state index contributed by atoms with van der Waals surface area (Å²) in [6.07, 6.45) is 0. The van der Waals surface area contributed by atoms with Crippen LogP contribution in [0.1, 0.15) is 21.5 Å². The molecule has 0 bridgehead atoms. The summed E-state index contributed by atoms with van der Waals surface area (Å²) in [6, 6.07) is 5.79. The Labute approximate surface area is 163 Å². The Bertz CT molecular complexity index is 1020. The molecule has 1 aromatic carbocycles. The normalized spacial score (nSPS) is 12.3. The molecule has 0 aliphatic heterocycles. The van der Waals surface area contributed by atoms with Crippen molar-refractivity contribution in [3.8, 4) is 0 Å². The molecule has 3 rings (SSSR count). The molecule has 8 heteroatoms. The lowest BCUT2D eigenvalue weighted by Gasteiger charge is -2.07. The number of benzene rings is 1. The molecule has 0 aliphatic carbocycles. The molecule has 4 nitrogen and oxygen atoms in total. The average molecular weight is 415 g/mol. The van der Waals surface area contributed by atoms with Crippen molar-refractivity contribution in [2.45, 2.75) is 20.4 Å². The number of halogens is 2. The van der Waals surface area contributed by atoms with Gasteiger partial charge < -0.3 is 9.30 Å². The Balaban J connectivity index is 2.18. The number of carbonyl (C=O) groups excluding carboxylic acids is 1. The highest BCUT2D eigenvalue weighted by Gasteiger charge is 2.15. The Kier molecular flexibility index (Phi) is 5.65. The van der Waals surface area contributed by atoms with E-state index in [0.29, 0.717) is 32.2 Å². The van der Waals surface area contributed by atoms with Gasteiger partial charge in [-0.25, -0.2) is 0 Å². The monoisotopic (exact) mass is 414 g/mol. The first-order valence-corrected chi connectivity index (χ1v) is 9.93. The smallest absolute Gasteiger partial charge is 0.282 e. The maximum Gasteiger partial charge on any atom is 0.282 e. The number of aromatic nitrogens is 1. The Hall–Kier alpha value is -1.18. The minimum Gasteiger partial charge on any atom is -0.383 e. The first kappa shape index (κ1) is 18.6. The molecule has 0 spiro atoms. The van der Waals surface area contributed by atoms with Crippen LogP contribution in [0, 0.1) is 13.8 Å². The van der Waals surface area contributed by atoms with E-state index in [0.717, 1.165) is 27.1 Å². The second kappa shape index (κ2) is 7.60. The molecule has 2 heterocycles. The van der Waals surface area contributed by atoms with Gasteiger partial charge in [0.05, 0.1) is 26.7 Å². The summed E-state index contributed by atoms with van der Waals surface area (Å²) in [5, 5.41) is 0. The summed E-state index contributed by atoms with van der Waals surface area (Å²) in [4.78, 5) is 17.5. The molecule has 0 unspecified atom stereocenters. The van der Waals surface area contributed by atoms with Gasteiger partial charge in [-0.05, 0) is 37.1 Å². The van der Waals surface area contributed by atoms with E-state index in [1.807, 2.05) is 4.57 Å². The van der Waals surface area contributed by atoms with E-state index in [-0.39, 0.29) is 5.91 Å². The van der Waals surface area contributed by atoms with E-state index in [1.54, 1.807) is 13.2 Å². The van der Waals surface area contributed by atoms with Gasteiger partial charge in [-0.1, -0.05) is 40.6 Å². The molecule has 0 fully saturated rings. The van der Waals surface area contributed by atoms with Gasteiger partial charge in [0, 0.05) is 13.7 Å². The summed E-state index contributed by atoms with van der Waals surface area (Å²) in [7, 11) is 1.65. The highest BCUT2D eigenvalue weighted by atomic mass is 35.5. The zero-order chi connectivity index (χ0) is 18.1. The van der Waals surface area contributed by atoms with Crippen molar-refractivity contribution in [2.24, 2.45) is 4.99 Å². The Morgan fingerprint density at radius 3 is 2.64 bits per heavy atom. The predicted molar refractivity (Wildman–Crippen MR) is 105 cm³/mol. The van der Waals surface area contributed by atoms with Crippen molar-refractivity contribution in [1.82, 2.24) is 4.57 Å². The zero-order valence-electron chi connectivity index (χ0n) is 13.9. The van der Waals surface area contributed by atoms with Crippen LogP contribution in [0.15, 0.2) is 23.2 Å². The van der Waals surface area contributed by atoms with Gasteiger partial charge in [-0.15, -0.1) is 11.3 Å². The van der Waals surface area contributed by atoms with Crippen molar-refractivity contribution in [1.29, 1.82) is 0 Å². The van der Waals surface area contributed by atoms with Crippen molar-refractivity contribution < 1.29 is 9.53 Å². The first-order chi connectivity index (χ1) is 11.9. The van der Waals surface area contributed by atoms with Crippen LogP contribution in [0.25, 0.3) is 10.2 Å². The van der Waals surface area contributed by atoms with Crippen LogP contribution in [0.2, 0.25) is 8.67 Å². The standard InChI is InChI=1S/C17H16Cl2N2O2S2/c1-9-6-10(2)14-12(7-9)24-17(21(14)4-5-23-3)20-16(22)11-8-13(18)25-15(11)19/h6-8H,4-5H2,1-3H3. The van der Waals surface area contributed by atoms with Gasteiger partial charge in [-0.3, -0.25) is 4.79 Å². The molecule has 0 saturated heterocycles. The number of thiazole rings is 1. The van der Waals surface area contributed by atoms with Crippen molar-refractivity contribution in [3.63, 3.8) is 0 Å². The van der Waals surface area contributed by atoms with Gasteiger partial charge in [0.15, 0.2) is 4.80 Å². The van der Waals surface area contributed by atoms with E-state index in [2.05, 4.69) is 31.0 Å². The summed E-state index contributed by atoms with van der Waals surface area (Å²) < 4.78 is 9.16. The summed E-state index contributed by atoms with van der Waals surface area (Å²) >= 11 is 14.7. The first-order valence-electron chi connectivity index (χ1n) is 7.54. The lowest BCUT2D eigenvalue weighted by molar-refractivity contribution is 0.0998. The molecular formula is C17H16Cl2N2O2S2. The van der Waals surface area contributed by atoms with Crippen LogP contribution in [0.5, 0.6) is 0 Å². The van der Waals surface area contributed by atoms with Crippen molar-refractivity contribution in [2.75, 3.05) is 13.7 Å². The summed E-state index contributed by atoms with van der Waals surface area (Å²) in [6.45, 7) is 5.27. The van der Waals surface area contributed by atoms with Gasteiger partial charge in [-0.2, -0.15) is 4.99 Å². The fraction of sp³-hybridized carbons (Fsp3) is 0.294. The largest absolute Gasteiger partial charge is 0.383 e. The van der Waals surface area contributed by atoms with Crippen LogP contribution in [-0.2, 0) is 11.3 Å². The second-order valence-corrected chi connectivity index (χ2v) is 8.91. The van der Waals surface area contributed by atoms with Gasteiger partial charge >= 0.3 is 0 Å². The number of rotatable bonds is 4. The number of aryl methyl sites for hydroxylation is 2. The molecule has 2 aromatic heterocycles. The second-order valence-electron chi connectivity index (χ2n) is 5.61. The maximum atomic E-state index is 12.6. The highest BCUT2D eigenvalue weighted by molar-refractivity contribution is 7.20. The molecule has 25 heavy (non-hydrogen) atoms. The minimum atomic E-state index is -0.389. The van der Waals surface area contributed by atoms with Crippen molar-refractivity contribution in [3.05, 3.63) is 48.4 Å². The third kappa shape index (κ3) is 3.83. The maximum absolute atomic E-state index is 12.6. The molecular weight excluding hydrogens is 399 g/mol. The molecule has 0 N–H and O–H groups in total. The minimum absolute atomic E-state index is 0.334. The molecule has 132 valence electrons. The number of hydrogen-bond acceptors (Lipinski definition) is 4. The molecule has 0 atom stereocenters. The SMILES string of the molecule is COCCn1c(=NC(=O)c2cc(Cl)sc2Cl)sc2cc(C)cc(C)c21. The molecule has 0 aliphatic rings. The van der Waals surface area contributed by atoms with Gasteiger partial charge in [0.25, 0.3) is 5.91 Å². The van der Waals surface area contributed by atoms with Gasteiger partial charge in [0.1, 0.15) is 4.34 Å². The van der Waals surface area contributed by atoms with Gasteiger partial charge in [0.2, 0.25) is 0 Å². The fourth-order valence-electron chi connectivity index (χ4n) is 2.70. The zero-order valence-corrected chi connectivity index (χ0v) is 17.1. The molecule has 1 amide bonds. The highest BCUT2D eigenvalue weighted by Crippen LogP contribution is 2.31. The summed E-state index contributed by atoms with van der Waals surface area (Å²) in [5.74, 6) is -0.389. The molecule has 3 aromatic rings. The lowest BCUT2D eigenvalue weighted by atomic mass is 10.1. The Morgan fingerprint density at radius 2 is 2.00 bits per heavy atom. The molecule has 0 saturated carbocycles. The van der Waals surface area contributed by atoms with E-state index in [4.69, 9.17) is 27.9 Å². The lowest BCUT2D eigenvalue weighted by Crippen LogP contribution is -2.19. The van der Waals surface area contributed by atoms with Crippen LogP contribution in [0.4, 0.5) is 0 Å². The van der Waals surface area contributed by atoms with Crippen LogP contribution in [0.3, 0.4) is 0 Å². The average Bonchev–Trinajstić information content (AvgIpc) is 3.04. The number of nitrogens with zero attached hydrogens (tertiary/aromatic N) is 2. The quantitative estimate of drug-likeness (QED) is 0.597. The Morgan fingerprint density at radius 1 is 1.24 bits per heavy atom. The number of amides is 1. The van der Waals surface area contributed by atoms with Crippen LogP contribution >= 0.6 is 45.9 Å².